The van der Waals surface area contributed by atoms with Crippen LogP contribution in [0.25, 0.3) is 6.08 Å². The number of benzene rings is 1. The van der Waals surface area contributed by atoms with E-state index in [1.54, 1.807) is 16.2 Å². The molecule has 1 atom stereocenters. The average molecular weight is 385 g/mol. The van der Waals surface area contributed by atoms with Crippen molar-refractivity contribution in [2.24, 2.45) is 0 Å². The second-order valence-corrected chi connectivity index (χ2v) is 8.09. The fourth-order valence-electron chi connectivity index (χ4n) is 3.24. The van der Waals surface area contributed by atoms with Crippen LogP contribution in [0.2, 0.25) is 0 Å². The van der Waals surface area contributed by atoms with Gasteiger partial charge in [0.2, 0.25) is 0 Å². The molecule has 1 aromatic carbocycles. The van der Waals surface area contributed by atoms with Crippen molar-refractivity contribution in [3.63, 3.8) is 0 Å². The maximum atomic E-state index is 12.7. The summed E-state index contributed by atoms with van der Waals surface area (Å²) in [4.78, 5) is 16.6. The lowest BCUT2D eigenvalue weighted by molar-refractivity contribution is -0.123. The second kappa shape index (κ2) is 7.70. The van der Waals surface area contributed by atoms with E-state index >= 15 is 0 Å². The first-order chi connectivity index (χ1) is 12.7. The Labute approximate surface area is 162 Å². The number of hydrogen-bond acceptors (Lipinski definition) is 4. The van der Waals surface area contributed by atoms with E-state index in [1.807, 2.05) is 12.1 Å². The minimum absolute atomic E-state index is 0.0662. The summed E-state index contributed by atoms with van der Waals surface area (Å²) < 4.78 is 5.63. The van der Waals surface area contributed by atoms with E-state index in [4.69, 9.17) is 17.0 Å². The minimum atomic E-state index is -0.0662. The van der Waals surface area contributed by atoms with E-state index in [0.717, 1.165) is 30.7 Å². The molecule has 3 heterocycles. The summed E-state index contributed by atoms with van der Waals surface area (Å²) in [5.41, 5.74) is 1.83. The quantitative estimate of drug-likeness (QED) is 0.632. The highest BCUT2D eigenvalue weighted by Crippen LogP contribution is 2.24. The predicted octanol–water partition coefficient (Wildman–Crippen LogP) is 3.58. The summed E-state index contributed by atoms with van der Waals surface area (Å²) in [5, 5.41) is 3.53. The van der Waals surface area contributed by atoms with Gasteiger partial charge in [-0.2, -0.15) is 0 Å². The van der Waals surface area contributed by atoms with Gasteiger partial charge in [0.25, 0.3) is 5.91 Å². The van der Waals surface area contributed by atoms with Gasteiger partial charge < -0.3 is 10.1 Å². The average Bonchev–Trinajstić information content (AvgIpc) is 3.36. The number of carbonyl (C=O) groups excluding carboxylic acids is 1. The van der Waals surface area contributed by atoms with Gasteiger partial charge in [-0.15, -0.1) is 11.3 Å². The number of thiophene rings is 1. The van der Waals surface area contributed by atoms with Gasteiger partial charge in [0, 0.05) is 22.8 Å². The lowest BCUT2D eigenvalue weighted by Gasteiger charge is -2.18. The van der Waals surface area contributed by atoms with Crippen molar-refractivity contribution in [1.29, 1.82) is 0 Å². The number of rotatable bonds is 5. The van der Waals surface area contributed by atoms with Gasteiger partial charge in [-0.05, 0) is 48.8 Å². The highest BCUT2D eigenvalue weighted by atomic mass is 32.1. The van der Waals surface area contributed by atoms with Crippen molar-refractivity contribution in [1.82, 2.24) is 10.2 Å². The van der Waals surface area contributed by atoms with E-state index < -0.39 is 0 Å². The van der Waals surface area contributed by atoms with Gasteiger partial charge in [0.1, 0.15) is 5.70 Å². The molecule has 1 aromatic heterocycles. The summed E-state index contributed by atoms with van der Waals surface area (Å²) in [5.74, 6) is -0.0662. The lowest BCUT2D eigenvalue weighted by Crippen LogP contribution is -2.37. The second-order valence-electron chi connectivity index (χ2n) is 6.51. The van der Waals surface area contributed by atoms with Crippen LogP contribution >= 0.6 is 23.6 Å². The van der Waals surface area contributed by atoms with Crippen molar-refractivity contribution < 1.29 is 9.53 Å². The molecule has 1 N–H and O–H groups in total. The molecule has 0 radical (unpaired) electrons. The topological polar surface area (TPSA) is 41.6 Å². The van der Waals surface area contributed by atoms with Crippen LogP contribution in [0.15, 0.2) is 48.2 Å². The Morgan fingerprint density at radius 1 is 1.27 bits per heavy atom. The molecule has 4 rings (SSSR count). The molecule has 26 heavy (non-hydrogen) atoms. The number of carbonyl (C=O) groups is 1. The van der Waals surface area contributed by atoms with Crippen LogP contribution in [-0.4, -0.2) is 35.2 Å². The molecule has 1 unspecified atom stereocenters. The Hall–Kier alpha value is -2.02. The smallest absolute Gasteiger partial charge is 0.276 e. The normalized spacial score (nSPS) is 21.6. The maximum Gasteiger partial charge on any atom is 0.276 e. The molecule has 2 saturated heterocycles. The lowest BCUT2D eigenvalue weighted by atomic mass is 10.1. The van der Waals surface area contributed by atoms with Gasteiger partial charge in [-0.25, -0.2) is 0 Å². The molecular weight excluding hydrogens is 364 g/mol. The highest BCUT2D eigenvalue weighted by molar-refractivity contribution is 7.80. The molecular formula is C20H20N2O2S2. The number of nitrogens with one attached hydrogen (secondary N) is 1. The summed E-state index contributed by atoms with van der Waals surface area (Å²) >= 11 is 7.04. The first-order valence-electron chi connectivity index (χ1n) is 8.78. The summed E-state index contributed by atoms with van der Waals surface area (Å²) in [6.45, 7) is 1.31. The van der Waals surface area contributed by atoms with Crippen LogP contribution < -0.4 is 5.32 Å². The molecule has 2 aliphatic heterocycles. The molecule has 2 fully saturated rings. The SMILES string of the molecule is O=C1/C(=C\c2ccc(Cc3ccccc3)s2)NC(=S)N1CC1CCCO1. The van der Waals surface area contributed by atoms with Gasteiger partial charge in [-0.3, -0.25) is 9.69 Å². The molecule has 0 aliphatic carbocycles. The van der Waals surface area contributed by atoms with E-state index in [0.29, 0.717) is 17.4 Å². The summed E-state index contributed by atoms with van der Waals surface area (Å²) in [7, 11) is 0. The molecule has 134 valence electrons. The van der Waals surface area contributed by atoms with E-state index in [1.165, 1.54) is 10.4 Å². The molecule has 2 aliphatic rings. The Kier molecular flexibility index (Phi) is 5.15. The van der Waals surface area contributed by atoms with Crippen LogP contribution in [0.3, 0.4) is 0 Å². The van der Waals surface area contributed by atoms with Gasteiger partial charge in [-0.1, -0.05) is 30.3 Å². The van der Waals surface area contributed by atoms with E-state index in [9.17, 15) is 4.79 Å². The first kappa shape index (κ1) is 17.4. The highest BCUT2D eigenvalue weighted by Gasteiger charge is 2.33. The number of amides is 1. The summed E-state index contributed by atoms with van der Waals surface area (Å²) in [6, 6.07) is 14.6. The van der Waals surface area contributed by atoms with Crippen molar-refractivity contribution in [3.05, 3.63) is 63.5 Å². The zero-order valence-corrected chi connectivity index (χ0v) is 15.9. The Morgan fingerprint density at radius 3 is 2.88 bits per heavy atom. The fourth-order valence-corrected chi connectivity index (χ4v) is 4.49. The predicted molar refractivity (Wildman–Crippen MR) is 108 cm³/mol. The third-order valence-electron chi connectivity index (χ3n) is 4.56. The van der Waals surface area contributed by atoms with Crippen molar-refractivity contribution in [3.8, 4) is 0 Å². The van der Waals surface area contributed by atoms with Crippen molar-refractivity contribution >= 4 is 40.7 Å². The van der Waals surface area contributed by atoms with Crippen molar-refractivity contribution in [2.45, 2.75) is 25.4 Å². The van der Waals surface area contributed by atoms with Gasteiger partial charge >= 0.3 is 0 Å². The Morgan fingerprint density at radius 2 is 2.12 bits per heavy atom. The maximum absolute atomic E-state index is 12.7. The largest absolute Gasteiger partial charge is 0.376 e. The van der Waals surface area contributed by atoms with E-state index in [-0.39, 0.29) is 12.0 Å². The molecule has 2 aromatic rings. The number of hydrogen-bond donors (Lipinski definition) is 1. The molecule has 6 heteroatoms. The zero-order valence-electron chi connectivity index (χ0n) is 14.3. The standard InChI is InChI=1S/C20H20N2O2S2/c23-19-18(21-20(25)22(19)13-15-7-4-10-24-15)12-17-9-8-16(26-17)11-14-5-2-1-3-6-14/h1-3,5-6,8-9,12,15H,4,7,10-11,13H2,(H,21,25)/b18-12+. The van der Waals surface area contributed by atoms with E-state index in [2.05, 4.69) is 41.7 Å². The Balaban J connectivity index is 1.44. The van der Waals surface area contributed by atoms with Gasteiger partial charge in [0.15, 0.2) is 5.11 Å². The number of thiocarbonyl (C=S) groups is 1. The first-order valence-corrected chi connectivity index (χ1v) is 10.0. The van der Waals surface area contributed by atoms with Crippen LogP contribution in [0.4, 0.5) is 0 Å². The van der Waals surface area contributed by atoms with Crippen LogP contribution in [0.1, 0.15) is 28.2 Å². The van der Waals surface area contributed by atoms with Crippen LogP contribution in [-0.2, 0) is 16.0 Å². The molecule has 1 amide bonds. The molecule has 4 nitrogen and oxygen atoms in total. The van der Waals surface area contributed by atoms with Crippen molar-refractivity contribution in [2.75, 3.05) is 13.2 Å². The third-order valence-corrected chi connectivity index (χ3v) is 5.92. The molecule has 0 spiro atoms. The fraction of sp³-hybridized carbons (Fsp3) is 0.300. The summed E-state index contributed by atoms with van der Waals surface area (Å²) in [6.07, 6.45) is 4.93. The Bertz CT molecular complexity index is 839. The monoisotopic (exact) mass is 384 g/mol. The third kappa shape index (κ3) is 3.87. The van der Waals surface area contributed by atoms with Crippen LogP contribution in [0, 0.1) is 0 Å². The van der Waals surface area contributed by atoms with Gasteiger partial charge in [0.05, 0.1) is 12.6 Å². The molecule has 0 bridgehead atoms. The number of nitrogens with zero attached hydrogens (tertiary/aromatic N) is 1. The number of ether oxygens (including phenoxy) is 1. The van der Waals surface area contributed by atoms with Crippen LogP contribution in [0.5, 0.6) is 0 Å². The minimum Gasteiger partial charge on any atom is -0.376 e. The zero-order chi connectivity index (χ0) is 17.9. The molecule has 0 saturated carbocycles.